The molecule has 0 amide bonds. The lowest BCUT2D eigenvalue weighted by molar-refractivity contribution is -0.142. The molecule has 1 aromatic carbocycles. The number of methoxy groups -OCH3 is 1. The molecule has 0 spiro atoms. The van der Waals surface area contributed by atoms with Crippen LogP contribution < -0.4 is 4.74 Å². The Kier molecular flexibility index (Phi) is 5.26. The molecule has 0 saturated heterocycles. The number of fused-ring (bicyclic) bond motifs is 1. The van der Waals surface area contributed by atoms with Crippen molar-refractivity contribution < 1.29 is 14.3 Å². The SMILES string of the molecule is CCCN(CC(=O)OC)Cc1cc(Cl)cc2c1OCC2. The molecule has 2 rings (SSSR count). The summed E-state index contributed by atoms with van der Waals surface area (Å²) in [7, 11) is 1.41. The van der Waals surface area contributed by atoms with Crippen LogP contribution >= 0.6 is 11.6 Å². The van der Waals surface area contributed by atoms with Crippen molar-refractivity contribution in [1.82, 2.24) is 4.90 Å². The molecule has 5 heteroatoms. The highest BCUT2D eigenvalue weighted by Gasteiger charge is 2.20. The molecule has 0 radical (unpaired) electrons. The Balaban J connectivity index is 2.16. The summed E-state index contributed by atoms with van der Waals surface area (Å²) in [5.74, 6) is 0.707. The molecular formula is C15H20ClNO3. The predicted octanol–water partition coefficient (Wildman–Crippen LogP) is 2.66. The summed E-state index contributed by atoms with van der Waals surface area (Å²) in [4.78, 5) is 13.5. The number of ether oxygens (including phenoxy) is 2. The first-order valence-electron chi connectivity index (χ1n) is 6.87. The smallest absolute Gasteiger partial charge is 0.319 e. The van der Waals surface area contributed by atoms with Gasteiger partial charge in [0.2, 0.25) is 0 Å². The molecule has 0 bridgehead atoms. The maximum absolute atomic E-state index is 11.5. The molecule has 0 fully saturated rings. The second-order valence-electron chi connectivity index (χ2n) is 4.94. The third kappa shape index (κ3) is 3.64. The van der Waals surface area contributed by atoms with Gasteiger partial charge in [-0.2, -0.15) is 0 Å². The van der Waals surface area contributed by atoms with E-state index in [1.54, 1.807) is 0 Å². The molecule has 4 nitrogen and oxygen atoms in total. The van der Waals surface area contributed by atoms with Gasteiger partial charge in [0, 0.05) is 23.6 Å². The van der Waals surface area contributed by atoms with E-state index >= 15 is 0 Å². The summed E-state index contributed by atoms with van der Waals surface area (Å²) in [6.07, 6.45) is 1.87. The van der Waals surface area contributed by atoms with Gasteiger partial charge in [-0.15, -0.1) is 0 Å². The molecule has 0 aromatic heterocycles. The topological polar surface area (TPSA) is 38.8 Å². The number of benzene rings is 1. The fourth-order valence-corrected chi connectivity index (χ4v) is 2.75. The van der Waals surface area contributed by atoms with E-state index in [0.717, 1.165) is 41.3 Å². The zero-order valence-corrected chi connectivity index (χ0v) is 12.7. The lowest BCUT2D eigenvalue weighted by atomic mass is 10.1. The van der Waals surface area contributed by atoms with Gasteiger partial charge in [0.1, 0.15) is 5.75 Å². The van der Waals surface area contributed by atoms with E-state index in [0.29, 0.717) is 13.2 Å². The quantitative estimate of drug-likeness (QED) is 0.757. The summed E-state index contributed by atoms with van der Waals surface area (Å²) < 4.78 is 10.4. The van der Waals surface area contributed by atoms with Gasteiger partial charge in [-0.3, -0.25) is 9.69 Å². The molecule has 1 aromatic rings. The second kappa shape index (κ2) is 6.95. The second-order valence-corrected chi connectivity index (χ2v) is 5.37. The van der Waals surface area contributed by atoms with Crippen molar-refractivity contribution >= 4 is 17.6 Å². The van der Waals surface area contributed by atoms with Crippen LogP contribution in [0.1, 0.15) is 24.5 Å². The van der Waals surface area contributed by atoms with E-state index in [4.69, 9.17) is 21.1 Å². The van der Waals surface area contributed by atoms with Crippen molar-refractivity contribution in [3.05, 3.63) is 28.3 Å². The van der Waals surface area contributed by atoms with Crippen LogP contribution in [-0.2, 0) is 22.5 Å². The minimum absolute atomic E-state index is 0.224. The number of hydrogen-bond acceptors (Lipinski definition) is 4. The number of carbonyl (C=O) groups is 1. The van der Waals surface area contributed by atoms with E-state index in [9.17, 15) is 4.79 Å². The van der Waals surface area contributed by atoms with Crippen LogP contribution in [0.15, 0.2) is 12.1 Å². The van der Waals surface area contributed by atoms with Gasteiger partial charge in [-0.05, 0) is 30.7 Å². The van der Waals surface area contributed by atoms with Crippen LogP contribution in [0, 0.1) is 0 Å². The summed E-state index contributed by atoms with van der Waals surface area (Å²) in [5, 5.41) is 0.721. The van der Waals surface area contributed by atoms with Crippen molar-refractivity contribution in [2.45, 2.75) is 26.3 Å². The van der Waals surface area contributed by atoms with Gasteiger partial charge in [-0.1, -0.05) is 18.5 Å². The Hall–Kier alpha value is -1.26. The van der Waals surface area contributed by atoms with Gasteiger partial charge >= 0.3 is 5.97 Å². The highest BCUT2D eigenvalue weighted by molar-refractivity contribution is 6.30. The molecule has 1 aliphatic heterocycles. The molecule has 1 aliphatic rings. The van der Waals surface area contributed by atoms with Crippen molar-refractivity contribution in [1.29, 1.82) is 0 Å². The summed E-state index contributed by atoms with van der Waals surface area (Å²) in [6.45, 7) is 4.55. The predicted molar refractivity (Wildman–Crippen MR) is 78.2 cm³/mol. The molecule has 110 valence electrons. The number of rotatable bonds is 6. The largest absolute Gasteiger partial charge is 0.493 e. The average Bonchev–Trinajstić information content (AvgIpc) is 2.86. The van der Waals surface area contributed by atoms with Crippen LogP contribution in [0.25, 0.3) is 0 Å². The van der Waals surface area contributed by atoms with Crippen molar-refractivity contribution in [2.75, 3.05) is 26.8 Å². The first-order chi connectivity index (χ1) is 9.63. The Bertz CT molecular complexity index is 490. The van der Waals surface area contributed by atoms with Gasteiger partial charge in [0.25, 0.3) is 0 Å². The van der Waals surface area contributed by atoms with E-state index < -0.39 is 0 Å². The normalized spacial score (nSPS) is 13.2. The number of hydrogen-bond donors (Lipinski definition) is 0. The summed E-state index contributed by atoms with van der Waals surface area (Å²) in [5.41, 5.74) is 2.20. The third-order valence-electron chi connectivity index (χ3n) is 3.34. The summed E-state index contributed by atoms with van der Waals surface area (Å²) >= 11 is 6.16. The number of halogens is 1. The van der Waals surface area contributed by atoms with Crippen molar-refractivity contribution in [3.8, 4) is 5.75 Å². The fourth-order valence-electron chi connectivity index (χ4n) is 2.48. The minimum Gasteiger partial charge on any atom is -0.493 e. The van der Waals surface area contributed by atoms with E-state index in [1.165, 1.54) is 7.11 Å². The first-order valence-corrected chi connectivity index (χ1v) is 7.25. The standard InChI is InChI=1S/C15H20ClNO3/c1-3-5-17(10-14(18)19-2)9-12-8-13(16)7-11-4-6-20-15(11)12/h7-8H,3-6,9-10H2,1-2H3. The minimum atomic E-state index is -0.224. The molecule has 0 atom stereocenters. The number of esters is 1. The molecule has 0 N–H and O–H groups in total. The van der Waals surface area contributed by atoms with Crippen LogP contribution in [0.4, 0.5) is 0 Å². The van der Waals surface area contributed by atoms with E-state index in [1.807, 2.05) is 12.1 Å². The maximum Gasteiger partial charge on any atom is 0.319 e. The maximum atomic E-state index is 11.5. The Labute approximate surface area is 124 Å². The van der Waals surface area contributed by atoms with E-state index in [-0.39, 0.29) is 12.5 Å². The zero-order valence-electron chi connectivity index (χ0n) is 11.9. The zero-order chi connectivity index (χ0) is 14.5. The average molecular weight is 298 g/mol. The monoisotopic (exact) mass is 297 g/mol. The fraction of sp³-hybridized carbons (Fsp3) is 0.533. The van der Waals surface area contributed by atoms with Crippen LogP contribution in [-0.4, -0.2) is 37.7 Å². The van der Waals surface area contributed by atoms with E-state index in [2.05, 4.69) is 11.8 Å². The number of carbonyl (C=O) groups excluding carboxylic acids is 1. The number of nitrogens with zero attached hydrogens (tertiary/aromatic N) is 1. The Morgan fingerprint density at radius 2 is 2.30 bits per heavy atom. The summed E-state index contributed by atoms with van der Waals surface area (Å²) in [6, 6.07) is 3.88. The molecule has 20 heavy (non-hydrogen) atoms. The van der Waals surface area contributed by atoms with Crippen molar-refractivity contribution in [3.63, 3.8) is 0 Å². The van der Waals surface area contributed by atoms with Crippen molar-refractivity contribution in [2.24, 2.45) is 0 Å². The molecule has 0 saturated carbocycles. The van der Waals surface area contributed by atoms with Gasteiger partial charge in [0.15, 0.2) is 0 Å². The van der Waals surface area contributed by atoms with Gasteiger partial charge in [0.05, 0.1) is 20.3 Å². The molecule has 0 unspecified atom stereocenters. The van der Waals surface area contributed by atoms with Gasteiger partial charge in [-0.25, -0.2) is 0 Å². The lowest BCUT2D eigenvalue weighted by Crippen LogP contribution is -2.31. The highest BCUT2D eigenvalue weighted by atomic mass is 35.5. The Morgan fingerprint density at radius 1 is 1.50 bits per heavy atom. The molecule has 0 aliphatic carbocycles. The third-order valence-corrected chi connectivity index (χ3v) is 3.56. The molecular weight excluding hydrogens is 278 g/mol. The molecule has 1 heterocycles. The highest BCUT2D eigenvalue weighted by Crippen LogP contribution is 2.33. The first kappa shape index (κ1) is 15.1. The van der Waals surface area contributed by atoms with Gasteiger partial charge < -0.3 is 9.47 Å². The van der Waals surface area contributed by atoms with Crippen LogP contribution in [0.2, 0.25) is 5.02 Å². The van der Waals surface area contributed by atoms with Crippen LogP contribution in [0.3, 0.4) is 0 Å². The lowest BCUT2D eigenvalue weighted by Gasteiger charge is -2.21. The Morgan fingerprint density at radius 3 is 3.00 bits per heavy atom. The van der Waals surface area contributed by atoms with Crippen LogP contribution in [0.5, 0.6) is 5.75 Å².